The standard InChI is InChI=1S/C15H22BrNO/c1-4-5-8-18-11-14-7-6-13(9-15(14)16)10-17-12(2)3/h4-7,9,12,17H,8,10-11H2,1-3H3/b5-4+. The molecule has 0 atom stereocenters. The molecule has 0 saturated heterocycles. The molecule has 0 aromatic heterocycles. The van der Waals surface area contributed by atoms with E-state index in [1.165, 1.54) is 11.1 Å². The van der Waals surface area contributed by atoms with Crippen molar-refractivity contribution in [3.63, 3.8) is 0 Å². The fourth-order valence-electron chi connectivity index (χ4n) is 1.47. The third kappa shape index (κ3) is 5.80. The fraction of sp³-hybridized carbons (Fsp3) is 0.467. The monoisotopic (exact) mass is 311 g/mol. The topological polar surface area (TPSA) is 21.3 Å². The summed E-state index contributed by atoms with van der Waals surface area (Å²) >= 11 is 3.60. The molecule has 0 aliphatic carbocycles. The summed E-state index contributed by atoms with van der Waals surface area (Å²) in [5.74, 6) is 0. The Hall–Kier alpha value is -0.640. The molecule has 18 heavy (non-hydrogen) atoms. The van der Waals surface area contributed by atoms with Crippen LogP contribution in [0.1, 0.15) is 31.9 Å². The van der Waals surface area contributed by atoms with Crippen LogP contribution in [0.3, 0.4) is 0 Å². The molecule has 1 rings (SSSR count). The van der Waals surface area contributed by atoms with Crippen LogP contribution in [-0.4, -0.2) is 12.6 Å². The third-order valence-corrected chi connectivity index (χ3v) is 3.28. The number of nitrogens with one attached hydrogen (secondary N) is 1. The van der Waals surface area contributed by atoms with E-state index in [9.17, 15) is 0 Å². The third-order valence-electron chi connectivity index (χ3n) is 2.54. The highest BCUT2D eigenvalue weighted by Crippen LogP contribution is 2.19. The number of allylic oxidation sites excluding steroid dienone is 1. The van der Waals surface area contributed by atoms with Gasteiger partial charge in [0.1, 0.15) is 0 Å². The number of rotatable bonds is 7. The molecular weight excluding hydrogens is 290 g/mol. The lowest BCUT2D eigenvalue weighted by Gasteiger charge is -2.10. The van der Waals surface area contributed by atoms with Gasteiger partial charge in [0.05, 0.1) is 13.2 Å². The molecule has 0 unspecified atom stereocenters. The minimum atomic E-state index is 0.507. The Morgan fingerprint density at radius 2 is 2.17 bits per heavy atom. The van der Waals surface area contributed by atoms with Gasteiger partial charge in [0, 0.05) is 17.1 Å². The van der Waals surface area contributed by atoms with Crippen LogP contribution in [0.25, 0.3) is 0 Å². The average molecular weight is 312 g/mol. The minimum Gasteiger partial charge on any atom is -0.373 e. The van der Waals surface area contributed by atoms with E-state index in [1.807, 2.05) is 19.1 Å². The second-order valence-corrected chi connectivity index (χ2v) is 5.40. The number of hydrogen-bond donors (Lipinski definition) is 1. The lowest BCUT2D eigenvalue weighted by atomic mass is 10.1. The van der Waals surface area contributed by atoms with Gasteiger partial charge in [-0.15, -0.1) is 0 Å². The molecule has 0 aliphatic heterocycles. The van der Waals surface area contributed by atoms with Crippen molar-refractivity contribution in [3.8, 4) is 0 Å². The van der Waals surface area contributed by atoms with Gasteiger partial charge in [-0.2, -0.15) is 0 Å². The molecule has 1 N–H and O–H groups in total. The molecule has 0 saturated carbocycles. The summed E-state index contributed by atoms with van der Waals surface area (Å²) in [7, 11) is 0. The van der Waals surface area contributed by atoms with Crippen molar-refractivity contribution in [1.82, 2.24) is 5.32 Å². The highest BCUT2D eigenvalue weighted by atomic mass is 79.9. The number of halogens is 1. The van der Waals surface area contributed by atoms with E-state index >= 15 is 0 Å². The van der Waals surface area contributed by atoms with Crippen molar-refractivity contribution in [3.05, 3.63) is 46.0 Å². The van der Waals surface area contributed by atoms with Gasteiger partial charge in [0.2, 0.25) is 0 Å². The Morgan fingerprint density at radius 3 is 2.78 bits per heavy atom. The number of benzene rings is 1. The van der Waals surface area contributed by atoms with Crippen molar-refractivity contribution >= 4 is 15.9 Å². The summed E-state index contributed by atoms with van der Waals surface area (Å²) < 4.78 is 6.66. The molecule has 0 radical (unpaired) electrons. The first-order valence-corrected chi connectivity index (χ1v) is 7.12. The molecule has 1 aromatic rings. The van der Waals surface area contributed by atoms with Gasteiger partial charge < -0.3 is 10.1 Å². The summed E-state index contributed by atoms with van der Waals surface area (Å²) in [5.41, 5.74) is 2.47. The molecule has 2 nitrogen and oxygen atoms in total. The van der Waals surface area contributed by atoms with E-state index in [0.29, 0.717) is 19.3 Å². The van der Waals surface area contributed by atoms with Crippen molar-refractivity contribution in [1.29, 1.82) is 0 Å². The predicted octanol–water partition coefficient (Wildman–Crippen LogP) is 4.04. The van der Waals surface area contributed by atoms with E-state index in [-0.39, 0.29) is 0 Å². The molecule has 3 heteroatoms. The van der Waals surface area contributed by atoms with Crippen LogP contribution in [0.5, 0.6) is 0 Å². The van der Waals surface area contributed by atoms with Crippen molar-refractivity contribution in [2.24, 2.45) is 0 Å². The maximum Gasteiger partial charge on any atom is 0.0732 e. The first-order chi connectivity index (χ1) is 8.63. The predicted molar refractivity (Wildman–Crippen MR) is 80.6 cm³/mol. The molecular formula is C15H22BrNO. The van der Waals surface area contributed by atoms with E-state index < -0.39 is 0 Å². The number of hydrogen-bond acceptors (Lipinski definition) is 2. The first-order valence-electron chi connectivity index (χ1n) is 6.33. The summed E-state index contributed by atoms with van der Waals surface area (Å²) in [6.45, 7) is 8.51. The Balaban J connectivity index is 2.51. The van der Waals surface area contributed by atoms with Gasteiger partial charge in [0.15, 0.2) is 0 Å². The largest absolute Gasteiger partial charge is 0.373 e. The average Bonchev–Trinajstić information content (AvgIpc) is 2.34. The summed E-state index contributed by atoms with van der Waals surface area (Å²) in [4.78, 5) is 0. The molecule has 100 valence electrons. The zero-order valence-electron chi connectivity index (χ0n) is 11.4. The molecule has 0 aliphatic rings. The number of ether oxygens (including phenoxy) is 1. The van der Waals surface area contributed by atoms with Gasteiger partial charge >= 0.3 is 0 Å². The smallest absolute Gasteiger partial charge is 0.0732 e. The second-order valence-electron chi connectivity index (χ2n) is 4.55. The molecule has 0 spiro atoms. The SMILES string of the molecule is C/C=C/COCc1ccc(CNC(C)C)cc1Br. The molecule has 1 aromatic carbocycles. The second kappa shape index (κ2) is 8.46. The van der Waals surface area contributed by atoms with Gasteiger partial charge in [-0.1, -0.05) is 54.1 Å². The van der Waals surface area contributed by atoms with E-state index in [2.05, 4.69) is 53.3 Å². The van der Waals surface area contributed by atoms with Crippen LogP contribution < -0.4 is 5.32 Å². The minimum absolute atomic E-state index is 0.507. The summed E-state index contributed by atoms with van der Waals surface area (Å²) in [6, 6.07) is 6.93. The van der Waals surface area contributed by atoms with E-state index in [0.717, 1.165) is 11.0 Å². The maximum atomic E-state index is 5.55. The van der Waals surface area contributed by atoms with Crippen molar-refractivity contribution in [2.75, 3.05) is 6.61 Å². The van der Waals surface area contributed by atoms with Gasteiger partial charge in [-0.3, -0.25) is 0 Å². The Labute approximate surface area is 119 Å². The Morgan fingerprint density at radius 1 is 1.39 bits per heavy atom. The zero-order valence-corrected chi connectivity index (χ0v) is 13.0. The van der Waals surface area contributed by atoms with Crippen LogP contribution in [0, 0.1) is 0 Å². The first kappa shape index (κ1) is 15.4. The van der Waals surface area contributed by atoms with Crippen LogP contribution >= 0.6 is 15.9 Å². The van der Waals surface area contributed by atoms with E-state index in [1.54, 1.807) is 0 Å². The molecule has 0 heterocycles. The van der Waals surface area contributed by atoms with Crippen LogP contribution in [0.15, 0.2) is 34.8 Å². The van der Waals surface area contributed by atoms with Crippen molar-refractivity contribution in [2.45, 2.75) is 40.0 Å². The highest BCUT2D eigenvalue weighted by molar-refractivity contribution is 9.10. The van der Waals surface area contributed by atoms with Crippen molar-refractivity contribution < 1.29 is 4.74 Å². The van der Waals surface area contributed by atoms with Gasteiger partial charge in [-0.05, 0) is 24.1 Å². The van der Waals surface area contributed by atoms with Gasteiger partial charge in [-0.25, -0.2) is 0 Å². The maximum absolute atomic E-state index is 5.55. The van der Waals surface area contributed by atoms with Crippen LogP contribution in [0.4, 0.5) is 0 Å². The lowest BCUT2D eigenvalue weighted by molar-refractivity contribution is 0.148. The Kier molecular flexibility index (Phi) is 7.25. The fourth-order valence-corrected chi connectivity index (χ4v) is 2.01. The normalized spacial score (nSPS) is 11.6. The molecule has 0 bridgehead atoms. The van der Waals surface area contributed by atoms with E-state index in [4.69, 9.17) is 4.74 Å². The molecule has 0 fully saturated rings. The van der Waals surface area contributed by atoms with Crippen LogP contribution in [-0.2, 0) is 17.9 Å². The zero-order chi connectivity index (χ0) is 13.4. The summed E-state index contributed by atoms with van der Waals surface area (Å²) in [6.07, 6.45) is 4.00. The highest BCUT2D eigenvalue weighted by Gasteiger charge is 2.02. The lowest BCUT2D eigenvalue weighted by Crippen LogP contribution is -2.21. The Bertz CT molecular complexity index is 388. The van der Waals surface area contributed by atoms with Crippen LogP contribution in [0.2, 0.25) is 0 Å². The summed E-state index contributed by atoms with van der Waals surface area (Å²) in [5, 5.41) is 3.41. The van der Waals surface area contributed by atoms with Gasteiger partial charge in [0.25, 0.3) is 0 Å². The quantitative estimate of drug-likeness (QED) is 0.606. The molecule has 0 amide bonds.